The SMILES string of the molecule is ClC1[C]OC=N1. The largest absolute Gasteiger partial charge is 0.464 e. The summed E-state index contributed by atoms with van der Waals surface area (Å²) in [5, 5.41) is 0. The van der Waals surface area contributed by atoms with Crippen LogP contribution in [-0.2, 0) is 4.74 Å². The van der Waals surface area contributed by atoms with E-state index in [0.29, 0.717) is 0 Å². The Morgan fingerprint density at radius 3 is 3.00 bits per heavy atom. The van der Waals surface area contributed by atoms with E-state index in [0.717, 1.165) is 0 Å². The number of halogens is 1. The average molecular weight is 104 g/mol. The molecular formula is C3H2ClNO. The Balaban J connectivity index is 2.38. The number of hydrogen-bond acceptors (Lipinski definition) is 2. The van der Waals surface area contributed by atoms with Crippen molar-refractivity contribution in [1.29, 1.82) is 0 Å². The van der Waals surface area contributed by atoms with Crippen LogP contribution in [0.5, 0.6) is 0 Å². The molecule has 6 heavy (non-hydrogen) atoms. The molecule has 0 saturated heterocycles. The highest BCUT2D eigenvalue weighted by molar-refractivity contribution is 6.21. The molecule has 1 unspecified atom stereocenters. The molecule has 1 aliphatic rings. The molecule has 32 valence electrons. The van der Waals surface area contributed by atoms with E-state index < -0.39 is 0 Å². The summed E-state index contributed by atoms with van der Waals surface area (Å²) >= 11 is 5.28. The molecule has 0 aromatic heterocycles. The van der Waals surface area contributed by atoms with Gasteiger partial charge < -0.3 is 4.74 Å². The van der Waals surface area contributed by atoms with Crippen LogP contribution >= 0.6 is 11.6 Å². The Morgan fingerprint density at radius 1 is 2.00 bits per heavy atom. The summed E-state index contributed by atoms with van der Waals surface area (Å²) in [6.07, 6.45) is 1.26. The van der Waals surface area contributed by atoms with Crippen molar-refractivity contribution in [2.24, 2.45) is 4.99 Å². The third-order valence-corrected chi connectivity index (χ3v) is 0.612. The highest BCUT2D eigenvalue weighted by atomic mass is 35.5. The van der Waals surface area contributed by atoms with Gasteiger partial charge in [-0.3, -0.25) is 0 Å². The van der Waals surface area contributed by atoms with Crippen LogP contribution < -0.4 is 0 Å². The van der Waals surface area contributed by atoms with Crippen LogP contribution in [0.25, 0.3) is 0 Å². The molecule has 0 saturated carbocycles. The number of alkyl halides is 1. The molecule has 0 N–H and O–H groups in total. The van der Waals surface area contributed by atoms with E-state index in [9.17, 15) is 0 Å². The van der Waals surface area contributed by atoms with E-state index in [-0.39, 0.29) is 5.50 Å². The lowest BCUT2D eigenvalue weighted by atomic mass is 10.7. The zero-order valence-corrected chi connectivity index (χ0v) is 3.64. The fraction of sp³-hybridized carbons (Fsp3) is 0.333. The minimum atomic E-state index is -0.384. The van der Waals surface area contributed by atoms with Gasteiger partial charge in [0.2, 0.25) is 6.61 Å². The summed E-state index contributed by atoms with van der Waals surface area (Å²) in [6.45, 7) is 2.36. The summed E-state index contributed by atoms with van der Waals surface area (Å²) in [5.41, 5.74) is -0.384. The number of hydrogen-bond donors (Lipinski definition) is 0. The van der Waals surface area contributed by atoms with Crippen LogP contribution in [0.4, 0.5) is 0 Å². The molecule has 1 rings (SSSR count). The van der Waals surface area contributed by atoms with Crippen molar-refractivity contribution in [3.05, 3.63) is 6.61 Å². The van der Waals surface area contributed by atoms with Gasteiger partial charge in [0.1, 0.15) is 0 Å². The summed E-state index contributed by atoms with van der Waals surface area (Å²) < 4.78 is 4.38. The van der Waals surface area contributed by atoms with Crippen LogP contribution in [0.3, 0.4) is 0 Å². The molecule has 0 bridgehead atoms. The lowest BCUT2D eigenvalue weighted by Gasteiger charge is -1.82. The minimum Gasteiger partial charge on any atom is -0.464 e. The summed E-state index contributed by atoms with van der Waals surface area (Å²) in [7, 11) is 0. The molecule has 3 heteroatoms. The van der Waals surface area contributed by atoms with Crippen molar-refractivity contribution in [2.45, 2.75) is 5.50 Å². The first kappa shape index (κ1) is 3.93. The van der Waals surface area contributed by atoms with Gasteiger partial charge in [0.25, 0.3) is 0 Å². The van der Waals surface area contributed by atoms with Crippen molar-refractivity contribution >= 4 is 18.0 Å². The second-order valence-corrected chi connectivity index (χ2v) is 1.24. The van der Waals surface area contributed by atoms with E-state index >= 15 is 0 Å². The molecule has 0 spiro atoms. The van der Waals surface area contributed by atoms with Crippen molar-refractivity contribution in [3.63, 3.8) is 0 Å². The second-order valence-electron chi connectivity index (χ2n) is 0.826. The van der Waals surface area contributed by atoms with Gasteiger partial charge >= 0.3 is 0 Å². The minimum absolute atomic E-state index is 0.384. The lowest BCUT2D eigenvalue weighted by molar-refractivity contribution is 0.436. The first-order valence-corrected chi connectivity index (χ1v) is 1.90. The maximum atomic E-state index is 5.28. The van der Waals surface area contributed by atoms with Gasteiger partial charge in [0.05, 0.1) is 0 Å². The van der Waals surface area contributed by atoms with Crippen LogP contribution in [-0.4, -0.2) is 11.9 Å². The van der Waals surface area contributed by atoms with Gasteiger partial charge in [-0.1, -0.05) is 11.6 Å². The zero-order valence-electron chi connectivity index (χ0n) is 2.89. The van der Waals surface area contributed by atoms with E-state index in [2.05, 4.69) is 16.3 Å². The van der Waals surface area contributed by atoms with Gasteiger partial charge in [-0.15, -0.1) is 0 Å². The van der Waals surface area contributed by atoms with Gasteiger partial charge in [0, 0.05) is 0 Å². The van der Waals surface area contributed by atoms with E-state index in [1.807, 2.05) is 0 Å². The standard InChI is InChI=1S/C3H2ClNO/c4-3-1-6-2-5-3/h2-3H. The van der Waals surface area contributed by atoms with E-state index in [1.165, 1.54) is 6.40 Å². The summed E-state index contributed by atoms with van der Waals surface area (Å²) in [6, 6.07) is 0. The third-order valence-electron chi connectivity index (χ3n) is 0.410. The summed E-state index contributed by atoms with van der Waals surface area (Å²) in [4.78, 5) is 3.54. The van der Waals surface area contributed by atoms with Gasteiger partial charge in [-0.2, -0.15) is 0 Å². The maximum absolute atomic E-state index is 5.28. The molecule has 0 fully saturated rings. The number of rotatable bonds is 0. The Labute approximate surface area is 40.8 Å². The summed E-state index contributed by atoms with van der Waals surface area (Å²) in [5.74, 6) is 0. The second kappa shape index (κ2) is 1.47. The Morgan fingerprint density at radius 2 is 2.83 bits per heavy atom. The molecular weight excluding hydrogens is 101 g/mol. The van der Waals surface area contributed by atoms with Crippen LogP contribution in [0.2, 0.25) is 0 Å². The Hall–Kier alpha value is -0.240. The number of nitrogens with zero attached hydrogens (tertiary/aromatic N) is 1. The molecule has 1 aliphatic heterocycles. The molecule has 2 radical (unpaired) electrons. The zero-order chi connectivity index (χ0) is 4.41. The van der Waals surface area contributed by atoms with Crippen LogP contribution in [0.1, 0.15) is 0 Å². The van der Waals surface area contributed by atoms with Gasteiger partial charge in [-0.25, -0.2) is 4.99 Å². The fourth-order valence-electron chi connectivity index (χ4n) is 0.201. The van der Waals surface area contributed by atoms with Crippen LogP contribution in [0, 0.1) is 6.61 Å². The lowest BCUT2D eigenvalue weighted by Crippen LogP contribution is -1.84. The normalized spacial score (nSPS) is 30.5. The van der Waals surface area contributed by atoms with Crippen molar-refractivity contribution in [2.75, 3.05) is 0 Å². The van der Waals surface area contributed by atoms with Gasteiger partial charge in [0.15, 0.2) is 11.9 Å². The predicted molar refractivity (Wildman–Crippen MR) is 22.5 cm³/mol. The molecule has 0 aliphatic carbocycles. The highest BCUT2D eigenvalue weighted by Crippen LogP contribution is 2.06. The Kier molecular flexibility index (Phi) is 0.965. The molecule has 1 heterocycles. The Bertz CT molecular complexity index is 73.2. The molecule has 2 nitrogen and oxygen atoms in total. The molecule has 0 aromatic carbocycles. The first-order valence-electron chi connectivity index (χ1n) is 1.46. The van der Waals surface area contributed by atoms with Crippen LogP contribution in [0.15, 0.2) is 4.99 Å². The topological polar surface area (TPSA) is 21.6 Å². The fourth-order valence-corrected chi connectivity index (χ4v) is 0.298. The molecule has 0 amide bonds. The van der Waals surface area contributed by atoms with Crippen molar-refractivity contribution in [1.82, 2.24) is 0 Å². The van der Waals surface area contributed by atoms with Gasteiger partial charge in [-0.05, 0) is 0 Å². The monoisotopic (exact) mass is 103 g/mol. The smallest absolute Gasteiger partial charge is 0.240 e. The molecule has 1 atom stereocenters. The first-order chi connectivity index (χ1) is 2.89. The average Bonchev–Trinajstić information content (AvgIpc) is 1.86. The third kappa shape index (κ3) is 0.627. The number of aliphatic imine (C=N–C) groups is 1. The van der Waals surface area contributed by atoms with Crippen molar-refractivity contribution < 1.29 is 4.74 Å². The van der Waals surface area contributed by atoms with E-state index in [4.69, 9.17) is 11.6 Å². The maximum Gasteiger partial charge on any atom is 0.240 e. The van der Waals surface area contributed by atoms with Crippen molar-refractivity contribution in [3.8, 4) is 0 Å². The van der Waals surface area contributed by atoms with E-state index in [1.54, 1.807) is 0 Å². The molecule has 0 aromatic rings. The quantitative estimate of drug-likeness (QED) is 0.326. The predicted octanol–water partition coefficient (Wildman–Crippen LogP) is 0.649. The highest BCUT2D eigenvalue weighted by Gasteiger charge is 2.07. The number of ether oxygens (including phenoxy) is 1.